The Morgan fingerprint density at radius 2 is 1.94 bits per heavy atom. The molecule has 2 N–H and O–H groups in total. The summed E-state index contributed by atoms with van der Waals surface area (Å²) in [6, 6.07) is 5.56. The van der Waals surface area contributed by atoms with Crippen LogP contribution in [-0.2, 0) is 6.54 Å². The predicted molar refractivity (Wildman–Crippen MR) is 120 cm³/mol. The molecule has 2 aromatic rings. The third-order valence-electron chi connectivity index (χ3n) is 6.25. The van der Waals surface area contributed by atoms with E-state index in [9.17, 15) is 9.59 Å². The van der Waals surface area contributed by atoms with E-state index < -0.39 is 0 Å². The number of piperazine rings is 1. The first-order valence-corrected chi connectivity index (χ1v) is 10.5. The fourth-order valence-corrected chi connectivity index (χ4v) is 4.42. The van der Waals surface area contributed by atoms with Gasteiger partial charge in [-0.3, -0.25) is 19.8 Å². The van der Waals surface area contributed by atoms with E-state index >= 15 is 0 Å². The molecule has 4 heterocycles. The molecule has 0 bridgehead atoms. The molecule has 9 nitrogen and oxygen atoms in total. The Kier molecular flexibility index (Phi) is 6.64. The average Bonchev–Trinajstić information content (AvgIpc) is 3.29. The smallest absolute Gasteiger partial charge is 0.319 e. The first-order valence-electron chi connectivity index (χ1n) is 10.5. The van der Waals surface area contributed by atoms with Crippen molar-refractivity contribution in [2.75, 3.05) is 25.0 Å². The van der Waals surface area contributed by atoms with Gasteiger partial charge >= 0.3 is 6.03 Å². The molecule has 3 atom stereocenters. The number of likely N-dealkylation sites (N-methyl/N-ethyl adjacent to an activating group) is 1. The molecule has 4 rings (SSSR count). The standard InChI is InChI=1S/C21H29N7O2.CH4/c1-5-26-10-14(3)27(11-13(26)2)21(30)28-12-16-18(15(28)4)24-25-19(16)23-20(29)17-8-6-7-9-22-17;/h6-9,13-15H,5,10-12H2,1-4H3,(H2,23,24,25,29);1H4/t13-,14+,15?;/m1./s1. The van der Waals surface area contributed by atoms with E-state index in [1.54, 1.807) is 24.4 Å². The van der Waals surface area contributed by atoms with Gasteiger partial charge < -0.3 is 15.1 Å². The lowest BCUT2D eigenvalue weighted by molar-refractivity contribution is 0.0480. The van der Waals surface area contributed by atoms with E-state index in [1.807, 2.05) is 16.7 Å². The molecule has 0 radical (unpaired) electrons. The highest BCUT2D eigenvalue weighted by Crippen LogP contribution is 2.37. The number of aromatic nitrogens is 3. The van der Waals surface area contributed by atoms with Crippen molar-refractivity contribution < 1.29 is 9.59 Å². The van der Waals surface area contributed by atoms with E-state index in [1.165, 1.54) is 0 Å². The lowest BCUT2D eigenvalue weighted by Gasteiger charge is -2.45. The SMILES string of the molecule is C.CCN1C[C@H](C)N(C(=O)N2Cc3c(NC(=O)c4ccccn4)n[nH]c3C2C)C[C@H]1C. The van der Waals surface area contributed by atoms with Crippen LogP contribution in [0.4, 0.5) is 10.6 Å². The first-order chi connectivity index (χ1) is 14.4. The number of pyridine rings is 1. The number of fused-ring (bicyclic) bond motifs is 1. The van der Waals surface area contributed by atoms with E-state index in [0.29, 0.717) is 30.6 Å². The van der Waals surface area contributed by atoms with Gasteiger partial charge in [-0.2, -0.15) is 5.10 Å². The maximum atomic E-state index is 13.4. The van der Waals surface area contributed by atoms with Crippen LogP contribution in [0.1, 0.15) is 62.9 Å². The molecule has 9 heteroatoms. The Labute approximate surface area is 183 Å². The summed E-state index contributed by atoms with van der Waals surface area (Å²) >= 11 is 0. The van der Waals surface area contributed by atoms with Gasteiger partial charge in [-0.05, 0) is 39.4 Å². The van der Waals surface area contributed by atoms with E-state index in [2.05, 4.69) is 46.2 Å². The average molecular weight is 428 g/mol. The van der Waals surface area contributed by atoms with Gasteiger partial charge in [0.1, 0.15) is 5.69 Å². The molecule has 168 valence electrons. The Balaban J connectivity index is 0.00000272. The molecule has 1 saturated heterocycles. The number of nitrogens with zero attached hydrogens (tertiary/aromatic N) is 5. The van der Waals surface area contributed by atoms with Crippen LogP contribution in [0.5, 0.6) is 0 Å². The minimum Gasteiger partial charge on any atom is -0.319 e. The predicted octanol–water partition coefficient (Wildman–Crippen LogP) is 3.10. The van der Waals surface area contributed by atoms with Crippen LogP contribution in [0.25, 0.3) is 0 Å². The normalized spacial score (nSPS) is 23.3. The van der Waals surface area contributed by atoms with Gasteiger partial charge in [0.2, 0.25) is 0 Å². The topological polar surface area (TPSA) is 97.5 Å². The zero-order chi connectivity index (χ0) is 21.4. The summed E-state index contributed by atoms with van der Waals surface area (Å²) in [5.41, 5.74) is 2.05. The second-order valence-corrected chi connectivity index (χ2v) is 8.16. The van der Waals surface area contributed by atoms with Gasteiger partial charge in [0.15, 0.2) is 5.82 Å². The second-order valence-electron chi connectivity index (χ2n) is 8.16. The number of carbonyl (C=O) groups is 2. The van der Waals surface area contributed by atoms with Gasteiger partial charge in [0.25, 0.3) is 5.91 Å². The Morgan fingerprint density at radius 1 is 1.16 bits per heavy atom. The van der Waals surface area contributed by atoms with Crippen LogP contribution in [0.2, 0.25) is 0 Å². The highest BCUT2D eigenvalue weighted by molar-refractivity contribution is 6.02. The van der Waals surface area contributed by atoms with Crippen molar-refractivity contribution in [2.24, 2.45) is 0 Å². The third-order valence-corrected chi connectivity index (χ3v) is 6.25. The number of aromatic amines is 1. The monoisotopic (exact) mass is 427 g/mol. The molecule has 0 aromatic carbocycles. The molecule has 31 heavy (non-hydrogen) atoms. The molecule has 0 saturated carbocycles. The van der Waals surface area contributed by atoms with Crippen molar-refractivity contribution in [3.8, 4) is 0 Å². The minimum absolute atomic E-state index is 0. The van der Waals surface area contributed by atoms with Crippen molar-refractivity contribution in [1.29, 1.82) is 0 Å². The molecular weight excluding hydrogens is 394 g/mol. The molecule has 2 aromatic heterocycles. The largest absolute Gasteiger partial charge is 0.321 e. The molecular formula is C22H33N7O2. The molecule has 1 fully saturated rings. The van der Waals surface area contributed by atoms with Crippen molar-refractivity contribution in [2.45, 2.75) is 59.8 Å². The maximum Gasteiger partial charge on any atom is 0.321 e. The molecule has 3 amide bonds. The van der Waals surface area contributed by atoms with Crippen LogP contribution in [0.3, 0.4) is 0 Å². The number of anilines is 1. The molecule has 0 spiro atoms. The van der Waals surface area contributed by atoms with Crippen LogP contribution in [-0.4, -0.2) is 73.5 Å². The summed E-state index contributed by atoms with van der Waals surface area (Å²) in [6.45, 7) is 11.4. The van der Waals surface area contributed by atoms with Gasteiger partial charge in [0, 0.05) is 36.9 Å². The number of amides is 3. The van der Waals surface area contributed by atoms with Crippen LogP contribution >= 0.6 is 0 Å². The number of hydrogen-bond acceptors (Lipinski definition) is 5. The van der Waals surface area contributed by atoms with Gasteiger partial charge in [-0.1, -0.05) is 20.4 Å². The van der Waals surface area contributed by atoms with E-state index in [0.717, 1.165) is 24.3 Å². The van der Waals surface area contributed by atoms with Crippen LogP contribution < -0.4 is 5.32 Å². The number of hydrogen-bond donors (Lipinski definition) is 2. The Morgan fingerprint density at radius 3 is 2.61 bits per heavy atom. The van der Waals surface area contributed by atoms with Crippen LogP contribution in [0.15, 0.2) is 24.4 Å². The second kappa shape index (κ2) is 9.05. The van der Waals surface area contributed by atoms with Crippen LogP contribution in [0, 0.1) is 0 Å². The highest BCUT2D eigenvalue weighted by Gasteiger charge is 2.40. The first kappa shape index (κ1) is 22.7. The lowest BCUT2D eigenvalue weighted by atomic mass is 10.1. The molecule has 2 aliphatic rings. The fourth-order valence-electron chi connectivity index (χ4n) is 4.42. The van der Waals surface area contributed by atoms with Crippen molar-refractivity contribution in [3.63, 3.8) is 0 Å². The molecule has 2 aliphatic heterocycles. The van der Waals surface area contributed by atoms with Gasteiger partial charge in [-0.15, -0.1) is 0 Å². The molecule has 1 unspecified atom stereocenters. The van der Waals surface area contributed by atoms with Crippen molar-refractivity contribution >= 4 is 17.8 Å². The number of carbonyl (C=O) groups excluding carboxylic acids is 2. The lowest BCUT2D eigenvalue weighted by Crippen LogP contribution is -2.60. The Bertz CT molecular complexity index is 929. The minimum atomic E-state index is -0.319. The molecule has 0 aliphatic carbocycles. The number of urea groups is 1. The van der Waals surface area contributed by atoms with E-state index in [-0.39, 0.29) is 31.4 Å². The number of H-pyrrole nitrogens is 1. The maximum absolute atomic E-state index is 13.4. The summed E-state index contributed by atoms with van der Waals surface area (Å²) in [7, 11) is 0. The van der Waals surface area contributed by atoms with E-state index in [4.69, 9.17) is 0 Å². The zero-order valence-electron chi connectivity index (χ0n) is 17.9. The summed E-state index contributed by atoms with van der Waals surface area (Å²) < 4.78 is 0. The summed E-state index contributed by atoms with van der Waals surface area (Å²) in [5.74, 6) is 0.139. The fraction of sp³-hybridized carbons (Fsp3) is 0.545. The zero-order valence-corrected chi connectivity index (χ0v) is 17.9. The highest BCUT2D eigenvalue weighted by atomic mass is 16.2. The van der Waals surface area contributed by atoms with Gasteiger partial charge in [0.05, 0.1) is 18.3 Å². The quantitative estimate of drug-likeness (QED) is 0.784. The summed E-state index contributed by atoms with van der Waals surface area (Å²) in [5, 5.41) is 10.1. The number of rotatable bonds is 3. The summed E-state index contributed by atoms with van der Waals surface area (Å²) in [6.07, 6.45) is 1.58. The summed E-state index contributed by atoms with van der Waals surface area (Å²) in [4.78, 5) is 36.2. The number of nitrogens with one attached hydrogen (secondary N) is 2. The third kappa shape index (κ3) is 4.14. The van der Waals surface area contributed by atoms with Gasteiger partial charge in [-0.25, -0.2) is 4.79 Å². The van der Waals surface area contributed by atoms with Crippen molar-refractivity contribution in [1.82, 2.24) is 29.9 Å². The Hall–Kier alpha value is -2.94. The van der Waals surface area contributed by atoms with Crippen molar-refractivity contribution in [3.05, 3.63) is 41.3 Å².